The second-order valence-electron chi connectivity index (χ2n) is 3.52. The molecular weight excluding hydrogens is 184 g/mol. The van der Waals surface area contributed by atoms with Crippen molar-refractivity contribution in [2.75, 3.05) is 0 Å². The van der Waals surface area contributed by atoms with Crippen molar-refractivity contribution in [3.63, 3.8) is 0 Å². The molecule has 76 valence electrons. The van der Waals surface area contributed by atoms with E-state index in [1.165, 1.54) is 12.8 Å². The highest BCUT2D eigenvalue weighted by Gasteiger charge is 2.06. The van der Waals surface area contributed by atoms with Crippen LogP contribution < -0.4 is 0 Å². The zero-order valence-electron chi connectivity index (χ0n) is 8.95. The molecular formula is C13H14N2. The van der Waals surface area contributed by atoms with Gasteiger partial charge in [-0.1, -0.05) is 31.9 Å². The van der Waals surface area contributed by atoms with Gasteiger partial charge in [0.1, 0.15) is 12.1 Å². The number of hydrogen-bond donors (Lipinski definition) is 0. The second-order valence-corrected chi connectivity index (χ2v) is 3.52. The van der Waals surface area contributed by atoms with E-state index >= 15 is 0 Å². The summed E-state index contributed by atoms with van der Waals surface area (Å²) >= 11 is 0. The molecule has 2 heteroatoms. The molecule has 0 unspecified atom stereocenters. The van der Waals surface area contributed by atoms with Gasteiger partial charge in [0.15, 0.2) is 0 Å². The van der Waals surface area contributed by atoms with E-state index in [-0.39, 0.29) is 0 Å². The molecule has 0 N–H and O–H groups in total. The number of benzene rings is 1. The highest BCUT2D eigenvalue weighted by Crippen LogP contribution is 2.15. The smallest absolute Gasteiger partial charge is 0.101 e. The second kappa shape index (κ2) is 5.83. The number of unbranched alkanes of at least 4 members (excludes halogenated alkanes) is 2. The molecule has 0 fully saturated rings. The molecule has 0 saturated heterocycles. The summed E-state index contributed by atoms with van der Waals surface area (Å²) in [6, 6.07) is 9.66. The minimum atomic E-state index is 0.492. The molecule has 0 aliphatic carbocycles. The minimum absolute atomic E-state index is 0.492. The van der Waals surface area contributed by atoms with Crippen LogP contribution in [0.5, 0.6) is 0 Å². The van der Waals surface area contributed by atoms with Gasteiger partial charge in [-0.25, -0.2) is 0 Å². The van der Waals surface area contributed by atoms with E-state index in [0.717, 1.165) is 18.4 Å². The Hall–Kier alpha value is -1.80. The van der Waals surface area contributed by atoms with Gasteiger partial charge in [0.2, 0.25) is 0 Å². The first-order chi connectivity index (χ1) is 7.33. The summed E-state index contributed by atoms with van der Waals surface area (Å²) in [5.41, 5.74) is 2.05. The van der Waals surface area contributed by atoms with Crippen molar-refractivity contribution < 1.29 is 0 Å². The van der Waals surface area contributed by atoms with E-state index in [1.54, 1.807) is 6.07 Å². The molecule has 0 aliphatic heterocycles. The molecule has 1 rings (SSSR count). The molecule has 0 heterocycles. The van der Waals surface area contributed by atoms with Crippen LogP contribution in [0.3, 0.4) is 0 Å². The standard InChI is InChI=1S/C13H14N2/c1-2-3-4-6-11-7-5-8-12(9-14)13(11)10-15/h5,7-8H,2-4,6H2,1H3. The molecule has 0 aromatic heterocycles. The van der Waals surface area contributed by atoms with Crippen LogP contribution in [-0.2, 0) is 6.42 Å². The summed E-state index contributed by atoms with van der Waals surface area (Å²) < 4.78 is 0. The molecule has 15 heavy (non-hydrogen) atoms. The van der Waals surface area contributed by atoms with E-state index in [9.17, 15) is 0 Å². The van der Waals surface area contributed by atoms with Gasteiger partial charge >= 0.3 is 0 Å². The van der Waals surface area contributed by atoms with E-state index in [1.807, 2.05) is 12.1 Å². The number of nitrogens with zero attached hydrogens (tertiary/aromatic N) is 2. The Kier molecular flexibility index (Phi) is 4.38. The number of rotatable bonds is 4. The van der Waals surface area contributed by atoms with Crippen LogP contribution in [0.15, 0.2) is 18.2 Å². The lowest BCUT2D eigenvalue weighted by molar-refractivity contribution is 0.716. The first-order valence-corrected chi connectivity index (χ1v) is 5.25. The highest BCUT2D eigenvalue weighted by atomic mass is 14.3. The van der Waals surface area contributed by atoms with Crippen molar-refractivity contribution in [3.05, 3.63) is 34.9 Å². The fraction of sp³-hybridized carbons (Fsp3) is 0.385. The SMILES string of the molecule is CCCCCc1cccc(C#N)c1C#N. The number of hydrogen-bond acceptors (Lipinski definition) is 2. The highest BCUT2D eigenvalue weighted by molar-refractivity contribution is 5.50. The summed E-state index contributed by atoms with van der Waals surface area (Å²) in [5, 5.41) is 17.8. The molecule has 1 aromatic carbocycles. The summed E-state index contributed by atoms with van der Waals surface area (Å²) in [6.07, 6.45) is 4.31. The zero-order valence-corrected chi connectivity index (χ0v) is 8.95. The summed E-state index contributed by atoms with van der Waals surface area (Å²) in [7, 11) is 0. The van der Waals surface area contributed by atoms with Gasteiger partial charge in [0.25, 0.3) is 0 Å². The van der Waals surface area contributed by atoms with Crippen LogP contribution in [0.4, 0.5) is 0 Å². The quantitative estimate of drug-likeness (QED) is 0.697. The third-order valence-corrected chi connectivity index (χ3v) is 2.43. The van der Waals surface area contributed by atoms with Crippen LogP contribution in [0.25, 0.3) is 0 Å². The Morgan fingerprint density at radius 2 is 1.93 bits per heavy atom. The largest absolute Gasteiger partial charge is 0.192 e. The molecule has 2 nitrogen and oxygen atoms in total. The third-order valence-electron chi connectivity index (χ3n) is 2.43. The topological polar surface area (TPSA) is 47.6 Å². The van der Waals surface area contributed by atoms with Crippen LogP contribution in [0, 0.1) is 22.7 Å². The average Bonchev–Trinajstić information content (AvgIpc) is 2.29. The first-order valence-electron chi connectivity index (χ1n) is 5.25. The molecule has 0 radical (unpaired) electrons. The lowest BCUT2D eigenvalue weighted by Crippen LogP contribution is -1.94. The molecule has 0 bridgehead atoms. The van der Waals surface area contributed by atoms with Crippen LogP contribution in [-0.4, -0.2) is 0 Å². The fourth-order valence-corrected chi connectivity index (χ4v) is 1.60. The number of aryl methyl sites for hydroxylation is 1. The first kappa shape index (κ1) is 11.3. The molecule has 0 amide bonds. The Morgan fingerprint density at radius 1 is 1.13 bits per heavy atom. The van der Waals surface area contributed by atoms with Crippen LogP contribution in [0.2, 0.25) is 0 Å². The molecule has 0 saturated carbocycles. The van der Waals surface area contributed by atoms with Gasteiger partial charge in [-0.15, -0.1) is 0 Å². The molecule has 1 aromatic rings. The van der Waals surface area contributed by atoms with Gasteiger partial charge in [0, 0.05) is 0 Å². The Bertz CT molecular complexity index is 408. The molecule has 0 spiro atoms. The normalized spacial score (nSPS) is 9.27. The maximum atomic E-state index is 8.99. The average molecular weight is 198 g/mol. The van der Waals surface area contributed by atoms with E-state index < -0.39 is 0 Å². The third kappa shape index (κ3) is 2.82. The zero-order chi connectivity index (χ0) is 11.1. The van der Waals surface area contributed by atoms with Gasteiger partial charge in [-0.3, -0.25) is 0 Å². The predicted octanol–water partition coefficient (Wildman–Crippen LogP) is 3.16. The lowest BCUT2D eigenvalue weighted by atomic mass is 9.98. The van der Waals surface area contributed by atoms with Crippen molar-refractivity contribution >= 4 is 0 Å². The van der Waals surface area contributed by atoms with Crippen LogP contribution in [0.1, 0.15) is 42.9 Å². The maximum Gasteiger partial charge on any atom is 0.101 e. The Balaban J connectivity index is 2.89. The lowest BCUT2D eigenvalue weighted by Gasteiger charge is -2.04. The van der Waals surface area contributed by atoms with E-state index in [2.05, 4.69) is 19.1 Å². The van der Waals surface area contributed by atoms with Crippen molar-refractivity contribution in [1.82, 2.24) is 0 Å². The fourth-order valence-electron chi connectivity index (χ4n) is 1.60. The minimum Gasteiger partial charge on any atom is -0.192 e. The Morgan fingerprint density at radius 3 is 2.53 bits per heavy atom. The van der Waals surface area contributed by atoms with Gasteiger partial charge in [-0.05, 0) is 24.5 Å². The number of nitriles is 2. The maximum absolute atomic E-state index is 8.99. The molecule has 0 atom stereocenters. The van der Waals surface area contributed by atoms with E-state index in [0.29, 0.717) is 11.1 Å². The monoisotopic (exact) mass is 198 g/mol. The van der Waals surface area contributed by atoms with Gasteiger partial charge in [-0.2, -0.15) is 10.5 Å². The van der Waals surface area contributed by atoms with Crippen molar-refractivity contribution in [2.45, 2.75) is 32.6 Å². The van der Waals surface area contributed by atoms with Crippen molar-refractivity contribution in [1.29, 1.82) is 10.5 Å². The van der Waals surface area contributed by atoms with E-state index in [4.69, 9.17) is 10.5 Å². The van der Waals surface area contributed by atoms with Crippen LogP contribution >= 0.6 is 0 Å². The van der Waals surface area contributed by atoms with Gasteiger partial charge < -0.3 is 0 Å². The summed E-state index contributed by atoms with van der Waals surface area (Å²) in [6.45, 7) is 2.15. The summed E-state index contributed by atoms with van der Waals surface area (Å²) in [4.78, 5) is 0. The summed E-state index contributed by atoms with van der Waals surface area (Å²) in [5.74, 6) is 0. The predicted molar refractivity (Wildman–Crippen MR) is 59.1 cm³/mol. The molecule has 0 aliphatic rings. The van der Waals surface area contributed by atoms with Crippen molar-refractivity contribution in [2.24, 2.45) is 0 Å². The van der Waals surface area contributed by atoms with Crippen molar-refractivity contribution in [3.8, 4) is 12.1 Å². The van der Waals surface area contributed by atoms with Gasteiger partial charge in [0.05, 0.1) is 11.1 Å². The Labute approximate surface area is 90.8 Å².